The Hall–Kier alpha value is -2.67. The van der Waals surface area contributed by atoms with E-state index in [-0.39, 0.29) is 0 Å². The summed E-state index contributed by atoms with van der Waals surface area (Å²) in [5, 5.41) is 7.31. The maximum absolute atomic E-state index is 5.23. The molecule has 0 aliphatic carbocycles. The summed E-state index contributed by atoms with van der Waals surface area (Å²) in [5.74, 6) is 2.00. The van der Waals surface area contributed by atoms with Crippen LogP contribution in [0.25, 0.3) is 0 Å². The highest BCUT2D eigenvalue weighted by Gasteiger charge is 2.00. The molecule has 7 heteroatoms. The fourth-order valence-corrected chi connectivity index (χ4v) is 1.84. The fourth-order valence-electron chi connectivity index (χ4n) is 1.68. The third-order valence-corrected chi connectivity index (χ3v) is 2.91. The second-order valence-corrected chi connectivity index (χ2v) is 4.56. The number of rotatable bonds is 5. The van der Waals surface area contributed by atoms with Gasteiger partial charge in [0.25, 0.3) is 0 Å². The Balaban J connectivity index is 1.93. The third kappa shape index (κ3) is 4.42. The first-order valence-electron chi connectivity index (χ1n) is 6.46. The van der Waals surface area contributed by atoms with Crippen molar-refractivity contribution >= 4 is 29.4 Å². The highest BCUT2D eigenvalue weighted by atomic mass is 32.1. The van der Waals surface area contributed by atoms with E-state index in [0.717, 1.165) is 11.3 Å². The van der Waals surface area contributed by atoms with Crippen molar-refractivity contribution in [1.82, 2.24) is 10.4 Å². The number of hydrazone groups is 1. The first-order valence-corrected chi connectivity index (χ1v) is 6.87. The molecule has 22 heavy (non-hydrogen) atoms. The number of para-hydroxylation sites is 1. The third-order valence-electron chi connectivity index (χ3n) is 2.72. The van der Waals surface area contributed by atoms with Crippen LogP contribution in [0.3, 0.4) is 0 Å². The minimum absolute atomic E-state index is 0.326. The Kier molecular flexibility index (Phi) is 5.67. The van der Waals surface area contributed by atoms with E-state index < -0.39 is 0 Å². The number of methoxy groups -OCH3 is 2. The summed E-state index contributed by atoms with van der Waals surface area (Å²) in [6, 6.07) is 11.0. The standard InChI is InChI=1S/C15H16N4O2S/c1-20-12-7-8-16-14(9-12)18-15(22)19-17-10-11-5-3-4-6-13(11)21-2/h3-10H,1-2H3,(H2,16,18,19,22). The van der Waals surface area contributed by atoms with Crippen molar-refractivity contribution in [3.8, 4) is 11.5 Å². The molecule has 2 N–H and O–H groups in total. The van der Waals surface area contributed by atoms with Gasteiger partial charge in [0.1, 0.15) is 17.3 Å². The van der Waals surface area contributed by atoms with Gasteiger partial charge in [0.2, 0.25) is 0 Å². The van der Waals surface area contributed by atoms with E-state index in [1.54, 1.807) is 38.8 Å². The molecule has 0 amide bonds. The van der Waals surface area contributed by atoms with Crippen molar-refractivity contribution in [3.05, 3.63) is 48.2 Å². The molecule has 0 unspecified atom stereocenters. The molecule has 0 fully saturated rings. The molecule has 1 aromatic carbocycles. The second-order valence-electron chi connectivity index (χ2n) is 4.15. The van der Waals surface area contributed by atoms with E-state index in [9.17, 15) is 0 Å². The quantitative estimate of drug-likeness (QED) is 0.502. The number of ether oxygens (including phenoxy) is 2. The van der Waals surface area contributed by atoms with Crippen molar-refractivity contribution in [1.29, 1.82) is 0 Å². The molecular weight excluding hydrogens is 300 g/mol. The summed E-state index contributed by atoms with van der Waals surface area (Å²) in [5.41, 5.74) is 3.57. The topological polar surface area (TPSA) is 67.8 Å². The molecule has 0 radical (unpaired) electrons. The number of nitrogens with zero attached hydrogens (tertiary/aromatic N) is 2. The van der Waals surface area contributed by atoms with Gasteiger partial charge in [0.05, 0.1) is 20.4 Å². The van der Waals surface area contributed by atoms with Gasteiger partial charge in [-0.25, -0.2) is 4.98 Å². The van der Waals surface area contributed by atoms with Crippen LogP contribution in [0.1, 0.15) is 5.56 Å². The molecule has 0 aliphatic rings. The van der Waals surface area contributed by atoms with Gasteiger partial charge in [0, 0.05) is 17.8 Å². The first-order chi connectivity index (χ1) is 10.7. The summed E-state index contributed by atoms with van der Waals surface area (Å²) in [7, 11) is 3.20. The van der Waals surface area contributed by atoms with Crippen LogP contribution in [0, 0.1) is 0 Å². The van der Waals surface area contributed by atoms with Crippen LogP contribution in [-0.2, 0) is 0 Å². The number of nitrogens with one attached hydrogen (secondary N) is 2. The average Bonchev–Trinajstić information content (AvgIpc) is 2.55. The summed E-state index contributed by atoms with van der Waals surface area (Å²) >= 11 is 5.14. The van der Waals surface area contributed by atoms with E-state index in [1.165, 1.54) is 0 Å². The van der Waals surface area contributed by atoms with Gasteiger partial charge in [0.15, 0.2) is 5.11 Å². The predicted octanol–water partition coefficient (Wildman–Crippen LogP) is 2.42. The Morgan fingerprint density at radius 1 is 1.23 bits per heavy atom. The lowest BCUT2D eigenvalue weighted by molar-refractivity contribution is 0.414. The zero-order chi connectivity index (χ0) is 15.8. The largest absolute Gasteiger partial charge is 0.497 e. The van der Waals surface area contributed by atoms with Gasteiger partial charge >= 0.3 is 0 Å². The molecule has 114 valence electrons. The van der Waals surface area contributed by atoms with Crippen LogP contribution in [0.5, 0.6) is 11.5 Å². The van der Waals surface area contributed by atoms with Crippen LogP contribution in [0.2, 0.25) is 0 Å². The molecule has 6 nitrogen and oxygen atoms in total. The molecule has 0 saturated carbocycles. The van der Waals surface area contributed by atoms with E-state index in [2.05, 4.69) is 20.8 Å². The molecule has 1 heterocycles. The molecule has 2 aromatic rings. The van der Waals surface area contributed by atoms with Crippen LogP contribution in [0.4, 0.5) is 5.82 Å². The predicted molar refractivity (Wildman–Crippen MR) is 90.7 cm³/mol. The van der Waals surface area contributed by atoms with Crippen molar-refractivity contribution in [2.24, 2.45) is 5.10 Å². The maximum Gasteiger partial charge on any atom is 0.192 e. The van der Waals surface area contributed by atoms with Crippen LogP contribution in [-0.4, -0.2) is 30.5 Å². The van der Waals surface area contributed by atoms with Gasteiger partial charge in [-0.05, 0) is 30.4 Å². The lowest BCUT2D eigenvalue weighted by atomic mass is 10.2. The van der Waals surface area contributed by atoms with Gasteiger partial charge in [-0.2, -0.15) is 5.10 Å². The molecule has 0 bridgehead atoms. The van der Waals surface area contributed by atoms with Gasteiger partial charge in [-0.3, -0.25) is 5.43 Å². The molecule has 0 spiro atoms. The molecule has 1 aromatic heterocycles. The monoisotopic (exact) mass is 316 g/mol. The molecule has 2 rings (SSSR count). The van der Waals surface area contributed by atoms with Crippen LogP contribution >= 0.6 is 12.2 Å². The van der Waals surface area contributed by atoms with Crippen LogP contribution in [0.15, 0.2) is 47.7 Å². The number of pyridine rings is 1. The zero-order valence-corrected chi connectivity index (χ0v) is 13.1. The summed E-state index contributed by atoms with van der Waals surface area (Å²) in [6.45, 7) is 0. The van der Waals surface area contributed by atoms with E-state index in [1.807, 2.05) is 24.3 Å². The van der Waals surface area contributed by atoms with Crippen LogP contribution < -0.4 is 20.2 Å². The number of hydrogen-bond acceptors (Lipinski definition) is 5. The summed E-state index contributed by atoms with van der Waals surface area (Å²) in [6.07, 6.45) is 3.26. The van der Waals surface area contributed by atoms with Crippen molar-refractivity contribution in [3.63, 3.8) is 0 Å². The highest BCUT2D eigenvalue weighted by Crippen LogP contribution is 2.15. The van der Waals surface area contributed by atoms with E-state index in [0.29, 0.717) is 16.7 Å². The van der Waals surface area contributed by atoms with Gasteiger partial charge < -0.3 is 14.8 Å². The smallest absolute Gasteiger partial charge is 0.192 e. The second kappa shape index (κ2) is 7.94. The minimum atomic E-state index is 0.326. The van der Waals surface area contributed by atoms with Gasteiger partial charge in [-0.15, -0.1) is 0 Å². The molecular formula is C15H16N4O2S. The van der Waals surface area contributed by atoms with E-state index in [4.69, 9.17) is 21.7 Å². The van der Waals surface area contributed by atoms with Crippen molar-refractivity contribution < 1.29 is 9.47 Å². The maximum atomic E-state index is 5.23. The SMILES string of the molecule is COc1ccnc(NC(=S)NN=Cc2ccccc2OC)c1. The highest BCUT2D eigenvalue weighted by molar-refractivity contribution is 7.80. The number of benzene rings is 1. The van der Waals surface area contributed by atoms with Crippen molar-refractivity contribution in [2.45, 2.75) is 0 Å². The normalized spacial score (nSPS) is 10.3. The number of thiocarbonyl (C=S) groups is 1. The average molecular weight is 316 g/mol. The number of hydrogen-bond donors (Lipinski definition) is 2. The Bertz CT molecular complexity index is 676. The number of anilines is 1. The fraction of sp³-hybridized carbons (Fsp3) is 0.133. The Morgan fingerprint density at radius 3 is 2.82 bits per heavy atom. The zero-order valence-electron chi connectivity index (χ0n) is 12.2. The summed E-state index contributed by atoms with van der Waals surface area (Å²) in [4.78, 5) is 4.13. The first kappa shape index (κ1) is 15.7. The van der Waals surface area contributed by atoms with E-state index >= 15 is 0 Å². The van der Waals surface area contributed by atoms with Gasteiger partial charge in [-0.1, -0.05) is 12.1 Å². The lowest BCUT2D eigenvalue weighted by Crippen LogP contribution is -2.24. The molecule has 0 aliphatic heterocycles. The lowest BCUT2D eigenvalue weighted by Gasteiger charge is -2.07. The Morgan fingerprint density at radius 2 is 2.05 bits per heavy atom. The molecule has 0 atom stereocenters. The van der Waals surface area contributed by atoms with Crippen molar-refractivity contribution in [2.75, 3.05) is 19.5 Å². The minimum Gasteiger partial charge on any atom is -0.497 e. The Labute approximate surface area is 134 Å². The summed E-state index contributed by atoms with van der Waals surface area (Å²) < 4.78 is 10.3. The molecule has 0 saturated heterocycles. The number of aromatic nitrogens is 1.